The Morgan fingerprint density at radius 2 is 1.84 bits per heavy atom. The van der Waals surface area contributed by atoms with E-state index in [0.29, 0.717) is 12.0 Å². The average molecular weight is 409 g/mol. The lowest BCUT2D eigenvalue weighted by atomic mass is 9.99. The molecule has 0 atom stereocenters. The molecule has 0 aliphatic carbocycles. The van der Waals surface area contributed by atoms with Gasteiger partial charge in [0.2, 0.25) is 0 Å². The Bertz CT molecular complexity index is 1440. The van der Waals surface area contributed by atoms with Crippen LogP contribution in [0.3, 0.4) is 0 Å². The third kappa shape index (κ3) is 3.10. The molecule has 0 unspecified atom stereocenters. The van der Waals surface area contributed by atoms with Crippen LogP contribution >= 0.6 is 0 Å². The maximum absolute atomic E-state index is 11.9. The van der Waals surface area contributed by atoms with E-state index >= 15 is 0 Å². The molecular weight excluding hydrogens is 386 g/mol. The molecule has 154 valence electrons. The molecule has 0 aliphatic heterocycles. The number of benzene rings is 2. The molecule has 5 aromatic rings. The van der Waals surface area contributed by atoms with Crippen molar-refractivity contribution in [3.05, 3.63) is 95.4 Å². The average Bonchev–Trinajstić information content (AvgIpc) is 3.33. The van der Waals surface area contributed by atoms with Crippen LogP contribution in [0.25, 0.3) is 27.8 Å². The van der Waals surface area contributed by atoms with Crippen LogP contribution < -0.4 is 0 Å². The number of pyridine rings is 1. The monoisotopic (exact) mass is 409 g/mol. The zero-order valence-corrected chi connectivity index (χ0v) is 17.5. The molecule has 0 bridgehead atoms. The van der Waals surface area contributed by atoms with Gasteiger partial charge in [0.25, 0.3) is 0 Å². The van der Waals surface area contributed by atoms with Gasteiger partial charge in [-0.05, 0) is 49.2 Å². The van der Waals surface area contributed by atoms with Crippen LogP contribution in [0, 0.1) is 6.92 Å². The highest BCUT2D eigenvalue weighted by atomic mass is 16.4. The molecule has 0 saturated heterocycles. The van der Waals surface area contributed by atoms with Crippen molar-refractivity contribution in [1.82, 2.24) is 14.0 Å². The second-order valence-corrected chi connectivity index (χ2v) is 7.77. The summed E-state index contributed by atoms with van der Waals surface area (Å²) in [7, 11) is 0. The van der Waals surface area contributed by atoms with Crippen LogP contribution in [0.5, 0.6) is 0 Å². The van der Waals surface area contributed by atoms with E-state index in [1.165, 1.54) is 22.0 Å². The van der Waals surface area contributed by atoms with E-state index in [-0.39, 0.29) is 5.56 Å². The molecular formula is C26H23N3O2. The summed E-state index contributed by atoms with van der Waals surface area (Å²) in [5, 5.41) is 11.0. The van der Waals surface area contributed by atoms with Crippen LogP contribution in [-0.2, 0) is 13.0 Å². The summed E-state index contributed by atoms with van der Waals surface area (Å²) in [6, 6.07) is 19.4. The van der Waals surface area contributed by atoms with Crippen molar-refractivity contribution in [1.29, 1.82) is 0 Å². The first-order valence-corrected chi connectivity index (χ1v) is 10.4. The zero-order valence-electron chi connectivity index (χ0n) is 17.5. The number of aromatic nitrogens is 3. The molecule has 5 rings (SSSR count). The quantitative estimate of drug-likeness (QED) is 0.413. The molecule has 0 spiro atoms. The largest absolute Gasteiger partial charge is 0.478 e. The topological polar surface area (TPSA) is 59.5 Å². The lowest BCUT2D eigenvalue weighted by Crippen LogP contribution is -2.02. The molecule has 5 heteroatoms. The van der Waals surface area contributed by atoms with E-state index in [1.807, 2.05) is 36.5 Å². The molecule has 2 aromatic carbocycles. The lowest BCUT2D eigenvalue weighted by molar-refractivity contribution is 0.0697. The van der Waals surface area contributed by atoms with E-state index in [4.69, 9.17) is 4.98 Å². The van der Waals surface area contributed by atoms with Gasteiger partial charge in [-0.3, -0.25) is 0 Å². The van der Waals surface area contributed by atoms with Gasteiger partial charge in [-0.25, -0.2) is 9.78 Å². The predicted octanol–water partition coefficient (Wildman–Crippen LogP) is 5.57. The SMILES string of the molecule is CCn1cc(Cc2c(-c3ccccc3C(=O)O)nc3ccccn23)c2c(C)cccc21. The van der Waals surface area contributed by atoms with E-state index < -0.39 is 5.97 Å². The number of nitrogens with zero attached hydrogens (tertiary/aromatic N) is 3. The van der Waals surface area contributed by atoms with Gasteiger partial charge < -0.3 is 14.1 Å². The maximum atomic E-state index is 11.9. The molecule has 3 aromatic heterocycles. The number of carboxylic acid groups (broad SMARTS) is 1. The summed E-state index contributed by atoms with van der Waals surface area (Å²) in [5.74, 6) is -0.947. The van der Waals surface area contributed by atoms with Gasteiger partial charge in [-0.2, -0.15) is 0 Å². The molecule has 1 N–H and O–H groups in total. The highest BCUT2D eigenvalue weighted by Crippen LogP contribution is 2.32. The summed E-state index contributed by atoms with van der Waals surface area (Å²) in [6.45, 7) is 5.18. The first kappa shape index (κ1) is 19.1. The number of aryl methyl sites for hydroxylation is 2. The number of hydrogen-bond donors (Lipinski definition) is 1. The molecule has 0 aliphatic rings. The fraction of sp³-hybridized carbons (Fsp3) is 0.154. The van der Waals surface area contributed by atoms with E-state index in [1.54, 1.807) is 12.1 Å². The van der Waals surface area contributed by atoms with Crippen LogP contribution in [0.2, 0.25) is 0 Å². The van der Waals surface area contributed by atoms with Crippen molar-refractivity contribution in [2.75, 3.05) is 0 Å². The van der Waals surface area contributed by atoms with Gasteiger partial charge in [-0.15, -0.1) is 0 Å². The van der Waals surface area contributed by atoms with Crippen molar-refractivity contribution < 1.29 is 9.90 Å². The van der Waals surface area contributed by atoms with Gasteiger partial charge in [-0.1, -0.05) is 36.4 Å². The standard InChI is InChI=1S/C26H23N3O2/c1-3-28-16-18(24-17(2)9-8-12-21(24)28)15-22-25(27-23-13-6-7-14-29(22)23)19-10-4-5-11-20(19)26(30)31/h4-14,16H,3,15H2,1-2H3,(H,30,31). The Morgan fingerprint density at radius 1 is 1.03 bits per heavy atom. The van der Waals surface area contributed by atoms with Gasteiger partial charge in [0.1, 0.15) is 5.65 Å². The molecule has 0 saturated carbocycles. The van der Waals surface area contributed by atoms with Crippen molar-refractivity contribution in [2.24, 2.45) is 0 Å². The van der Waals surface area contributed by atoms with Gasteiger partial charge in [0.15, 0.2) is 0 Å². The summed E-state index contributed by atoms with van der Waals surface area (Å²) in [6.07, 6.45) is 4.87. The number of carboxylic acids is 1. The first-order chi connectivity index (χ1) is 15.1. The third-order valence-corrected chi connectivity index (χ3v) is 5.93. The fourth-order valence-corrected chi connectivity index (χ4v) is 4.51. The minimum Gasteiger partial charge on any atom is -0.478 e. The summed E-state index contributed by atoms with van der Waals surface area (Å²) in [5.41, 5.74) is 7.10. The number of fused-ring (bicyclic) bond motifs is 2. The molecule has 5 nitrogen and oxygen atoms in total. The number of carbonyl (C=O) groups is 1. The smallest absolute Gasteiger partial charge is 0.336 e. The molecule has 0 radical (unpaired) electrons. The van der Waals surface area contributed by atoms with Crippen molar-refractivity contribution in [3.8, 4) is 11.3 Å². The van der Waals surface area contributed by atoms with Crippen LogP contribution in [0.1, 0.15) is 34.1 Å². The minimum absolute atomic E-state index is 0.263. The number of aromatic carboxylic acids is 1. The Balaban J connectivity index is 1.77. The predicted molar refractivity (Wildman–Crippen MR) is 123 cm³/mol. The fourth-order valence-electron chi connectivity index (χ4n) is 4.51. The maximum Gasteiger partial charge on any atom is 0.336 e. The van der Waals surface area contributed by atoms with Crippen molar-refractivity contribution in [3.63, 3.8) is 0 Å². The Hall–Kier alpha value is -3.86. The van der Waals surface area contributed by atoms with Crippen LogP contribution in [0.15, 0.2) is 73.1 Å². The zero-order chi connectivity index (χ0) is 21.5. The van der Waals surface area contributed by atoms with Gasteiger partial charge >= 0.3 is 5.97 Å². The van der Waals surface area contributed by atoms with Gasteiger partial charge in [0.05, 0.1) is 17.0 Å². The van der Waals surface area contributed by atoms with Crippen molar-refractivity contribution >= 4 is 22.5 Å². The number of imidazole rings is 1. The molecule has 0 fully saturated rings. The molecule has 3 heterocycles. The second-order valence-electron chi connectivity index (χ2n) is 7.77. The molecule has 0 amide bonds. The van der Waals surface area contributed by atoms with Crippen LogP contribution in [-0.4, -0.2) is 25.0 Å². The third-order valence-electron chi connectivity index (χ3n) is 5.93. The summed E-state index contributed by atoms with van der Waals surface area (Å²) < 4.78 is 4.34. The van der Waals surface area contributed by atoms with Gasteiger partial charge in [0, 0.05) is 41.8 Å². The molecule has 31 heavy (non-hydrogen) atoms. The van der Waals surface area contributed by atoms with E-state index in [9.17, 15) is 9.90 Å². The van der Waals surface area contributed by atoms with E-state index in [0.717, 1.165) is 23.6 Å². The summed E-state index contributed by atoms with van der Waals surface area (Å²) >= 11 is 0. The Labute approximate surface area is 180 Å². The Morgan fingerprint density at radius 3 is 2.65 bits per heavy atom. The second kappa shape index (κ2) is 7.43. The highest BCUT2D eigenvalue weighted by Gasteiger charge is 2.21. The normalized spacial score (nSPS) is 11.4. The highest BCUT2D eigenvalue weighted by molar-refractivity contribution is 5.96. The Kier molecular flexibility index (Phi) is 4.59. The van der Waals surface area contributed by atoms with Crippen LogP contribution in [0.4, 0.5) is 0 Å². The van der Waals surface area contributed by atoms with E-state index in [2.05, 4.69) is 47.2 Å². The number of rotatable bonds is 5. The minimum atomic E-state index is -0.947. The lowest BCUT2D eigenvalue weighted by Gasteiger charge is -2.08. The van der Waals surface area contributed by atoms with Crippen molar-refractivity contribution in [2.45, 2.75) is 26.8 Å². The number of hydrogen-bond acceptors (Lipinski definition) is 2. The summed E-state index contributed by atoms with van der Waals surface area (Å²) in [4.78, 5) is 16.7. The first-order valence-electron chi connectivity index (χ1n) is 10.4.